The molecule has 1 aliphatic carbocycles. The minimum Gasteiger partial charge on any atom is -0.490 e. The van der Waals surface area contributed by atoms with Crippen LogP contribution in [0.4, 0.5) is 0 Å². The lowest BCUT2D eigenvalue weighted by molar-refractivity contribution is 0.210. The number of hydrogen-bond donors (Lipinski definition) is 1. The predicted molar refractivity (Wildman–Crippen MR) is 69.8 cm³/mol. The molecule has 0 aliphatic heterocycles. The summed E-state index contributed by atoms with van der Waals surface area (Å²) in [5.41, 5.74) is 6.64. The summed E-state index contributed by atoms with van der Waals surface area (Å²) in [6.07, 6.45) is 6.05. The Bertz CT molecular complexity index is 355. The van der Waals surface area contributed by atoms with Crippen LogP contribution in [0.25, 0.3) is 0 Å². The Hall–Kier alpha value is -1.09. The number of thiocarbonyl (C=S) groups is 1. The van der Waals surface area contributed by atoms with E-state index in [9.17, 15) is 0 Å². The van der Waals surface area contributed by atoms with Crippen LogP contribution in [0.2, 0.25) is 0 Å². The highest BCUT2D eigenvalue weighted by Crippen LogP contribution is 2.24. The third kappa shape index (κ3) is 3.20. The predicted octanol–water partition coefficient (Wildman–Crippen LogP) is 2.84. The Labute approximate surface area is 102 Å². The zero-order chi connectivity index (χ0) is 11.4. The molecule has 0 spiro atoms. The van der Waals surface area contributed by atoms with Gasteiger partial charge < -0.3 is 10.5 Å². The van der Waals surface area contributed by atoms with Gasteiger partial charge in [-0.1, -0.05) is 24.4 Å². The maximum atomic E-state index is 5.87. The second-order valence-corrected chi connectivity index (χ2v) is 4.84. The molecule has 0 aromatic heterocycles. The fourth-order valence-corrected chi connectivity index (χ4v) is 2.25. The summed E-state index contributed by atoms with van der Waals surface area (Å²) in [5, 5.41) is 0. The van der Waals surface area contributed by atoms with E-state index in [1.165, 1.54) is 25.7 Å². The molecule has 1 fully saturated rings. The van der Waals surface area contributed by atoms with Gasteiger partial charge in [0.2, 0.25) is 0 Å². The minimum atomic E-state index is 0.418. The van der Waals surface area contributed by atoms with Crippen LogP contribution in [0.15, 0.2) is 24.3 Å². The summed E-state index contributed by atoms with van der Waals surface area (Å²) in [5.74, 6) is 0.957. The largest absolute Gasteiger partial charge is 0.490 e. The summed E-state index contributed by atoms with van der Waals surface area (Å²) >= 11 is 4.87. The van der Waals surface area contributed by atoms with E-state index in [-0.39, 0.29) is 0 Å². The lowest BCUT2D eigenvalue weighted by Crippen LogP contribution is -2.12. The second-order valence-electron chi connectivity index (χ2n) is 4.31. The van der Waals surface area contributed by atoms with E-state index in [4.69, 9.17) is 22.7 Å². The Kier molecular flexibility index (Phi) is 3.78. The highest BCUT2D eigenvalue weighted by Gasteiger charge is 2.16. The van der Waals surface area contributed by atoms with Crippen molar-refractivity contribution in [2.45, 2.75) is 38.2 Å². The molecule has 0 atom stereocenters. The first-order chi connectivity index (χ1) is 7.74. The van der Waals surface area contributed by atoms with Crippen molar-refractivity contribution in [3.8, 4) is 5.75 Å². The summed E-state index contributed by atoms with van der Waals surface area (Å²) in [4.78, 5) is 0.532. The van der Waals surface area contributed by atoms with Crippen LogP contribution in [0.5, 0.6) is 5.75 Å². The highest BCUT2D eigenvalue weighted by atomic mass is 32.1. The van der Waals surface area contributed by atoms with Crippen molar-refractivity contribution < 1.29 is 4.74 Å². The highest BCUT2D eigenvalue weighted by molar-refractivity contribution is 7.80. The Balaban J connectivity index is 1.93. The molecule has 86 valence electrons. The Morgan fingerprint density at radius 1 is 1.25 bits per heavy atom. The number of rotatable bonds is 4. The zero-order valence-corrected chi connectivity index (χ0v) is 10.1. The fraction of sp³-hybridized carbons (Fsp3) is 0.462. The molecule has 0 amide bonds. The van der Waals surface area contributed by atoms with Gasteiger partial charge >= 0.3 is 0 Å². The second kappa shape index (κ2) is 5.30. The van der Waals surface area contributed by atoms with Gasteiger partial charge in [0.15, 0.2) is 0 Å². The Morgan fingerprint density at radius 2 is 1.88 bits per heavy atom. The molecule has 0 bridgehead atoms. The van der Waals surface area contributed by atoms with E-state index in [2.05, 4.69) is 0 Å². The van der Waals surface area contributed by atoms with Gasteiger partial charge in [-0.3, -0.25) is 0 Å². The van der Waals surface area contributed by atoms with E-state index < -0.39 is 0 Å². The van der Waals surface area contributed by atoms with Gasteiger partial charge in [0.05, 0.1) is 11.1 Å². The normalized spacial score (nSPS) is 16.2. The molecule has 1 aromatic carbocycles. The summed E-state index contributed by atoms with van der Waals surface area (Å²) in [7, 11) is 0. The molecule has 2 nitrogen and oxygen atoms in total. The molecule has 2 N–H and O–H groups in total. The molecule has 1 saturated carbocycles. The number of hydrogen-bond acceptors (Lipinski definition) is 2. The van der Waals surface area contributed by atoms with E-state index in [0.717, 1.165) is 11.3 Å². The molecule has 16 heavy (non-hydrogen) atoms. The van der Waals surface area contributed by atoms with Crippen molar-refractivity contribution in [2.75, 3.05) is 0 Å². The zero-order valence-electron chi connectivity index (χ0n) is 9.32. The first-order valence-corrected chi connectivity index (χ1v) is 6.19. The first-order valence-electron chi connectivity index (χ1n) is 5.78. The molecule has 2 rings (SSSR count). The van der Waals surface area contributed by atoms with Crippen molar-refractivity contribution in [1.29, 1.82) is 0 Å². The smallest absolute Gasteiger partial charge is 0.119 e. The van der Waals surface area contributed by atoms with E-state index in [1.807, 2.05) is 24.3 Å². The van der Waals surface area contributed by atoms with Crippen molar-refractivity contribution in [3.63, 3.8) is 0 Å². The number of benzene rings is 1. The number of ether oxygens (including phenoxy) is 1. The van der Waals surface area contributed by atoms with Crippen LogP contribution >= 0.6 is 12.2 Å². The van der Waals surface area contributed by atoms with Crippen LogP contribution in [0.3, 0.4) is 0 Å². The summed E-state index contributed by atoms with van der Waals surface area (Å²) in [6.45, 7) is 0. The van der Waals surface area contributed by atoms with E-state index >= 15 is 0 Å². The minimum absolute atomic E-state index is 0.418. The molecule has 1 aliphatic rings. The lowest BCUT2D eigenvalue weighted by atomic mass is 10.1. The molecule has 0 saturated heterocycles. The van der Waals surface area contributed by atoms with Crippen LogP contribution in [-0.4, -0.2) is 11.1 Å². The SMILES string of the molecule is NC(=S)Cc1ccc(OC2CCCC2)cc1. The van der Waals surface area contributed by atoms with Gasteiger partial charge in [0.25, 0.3) is 0 Å². The molecular weight excluding hydrogens is 218 g/mol. The summed E-state index contributed by atoms with van der Waals surface area (Å²) in [6, 6.07) is 8.07. The van der Waals surface area contributed by atoms with Crippen molar-refractivity contribution >= 4 is 17.2 Å². The van der Waals surface area contributed by atoms with Crippen molar-refractivity contribution in [3.05, 3.63) is 29.8 Å². The average molecular weight is 235 g/mol. The van der Waals surface area contributed by atoms with Crippen LogP contribution < -0.4 is 10.5 Å². The van der Waals surface area contributed by atoms with Gasteiger partial charge in [0.1, 0.15) is 5.75 Å². The Morgan fingerprint density at radius 3 is 2.44 bits per heavy atom. The van der Waals surface area contributed by atoms with Crippen molar-refractivity contribution in [1.82, 2.24) is 0 Å². The van der Waals surface area contributed by atoms with Gasteiger partial charge in [-0.2, -0.15) is 0 Å². The van der Waals surface area contributed by atoms with Gasteiger partial charge in [-0.25, -0.2) is 0 Å². The van der Waals surface area contributed by atoms with E-state index in [1.54, 1.807) is 0 Å². The monoisotopic (exact) mass is 235 g/mol. The maximum Gasteiger partial charge on any atom is 0.119 e. The molecule has 1 aromatic rings. The molecule has 0 unspecified atom stereocenters. The molecule has 0 radical (unpaired) electrons. The van der Waals surface area contributed by atoms with Crippen molar-refractivity contribution in [2.24, 2.45) is 5.73 Å². The third-order valence-corrected chi connectivity index (χ3v) is 3.05. The standard InChI is InChI=1S/C13H17NOS/c14-13(16)9-10-5-7-12(8-6-10)15-11-3-1-2-4-11/h5-8,11H,1-4,9H2,(H2,14,16). The van der Waals surface area contributed by atoms with Crippen LogP contribution in [-0.2, 0) is 6.42 Å². The van der Waals surface area contributed by atoms with Gasteiger partial charge in [-0.05, 0) is 43.4 Å². The fourth-order valence-electron chi connectivity index (χ4n) is 2.09. The van der Waals surface area contributed by atoms with Crippen LogP contribution in [0.1, 0.15) is 31.2 Å². The first kappa shape index (κ1) is 11.4. The third-order valence-electron chi connectivity index (χ3n) is 2.91. The van der Waals surface area contributed by atoms with E-state index in [0.29, 0.717) is 17.5 Å². The topological polar surface area (TPSA) is 35.2 Å². The van der Waals surface area contributed by atoms with Crippen LogP contribution in [0, 0.1) is 0 Å². The maximum absolute atomic E-state index is 5.87. The molecular formula is C13H17NOS. The lowest BCUT2D eigenvalue weighted by Gasteiger charge is -2.13. The number of nitrogens with two attached hydrogens (primary N) is 1. The molecule has 0 heterocycles. The van der Waals surface area contributed by atoms with Gasteiger partial charge in [0, 0.05) is 6.42 Å². The summed E-state index contributed by atoms with van der Waals surface area (Å²) < 4.78 is 5.87. The molecule has 3 heteroatoms. The quantitative estimate of drug-likeness (QED) is 0.815. The average Bonchev–Trinajstić information content (AvgIpc) is 2.73. The van der Waals surface area contributed by atoms with Gasteiger partial charge in [-0.15, -0.1) is 0 Å².